The second kappa shape index (κ2) is 5.53. The first-order valence-electron chi connectivity index (χ1n) is 7.02. The molecule has 23 heavy (non-hydrogen) atoms. The fourth-order valence-electron chi connectivity index (χ4n) is 2.57. The molecule has 0 radical (unpaired) electrons. The molecule has 0 saturated heterocycles. The van der Waals surface area contributed by atoms with Crippen molar-refractivity contribution >= 4 is 22.6 Å². The Labute approximate surface area is 135 Å². The number of hydrogen-bond donors (Lipinski definition) is 0. The number of alkyl halides is 3. The Bertz CT molecular complexity index is 867. The quantitative estimate of drug-likeness (QED) is 0.650. The maximum atomic E-state index is 13.5. The van der Waals surface area contributed by atoms with Gasteiger partial charge in [0.05, 0.1) is 22.3 Å². The van der Waals surface area contributed by atoms with E-state index in [-0.39, 0.29) is 16.7 Å². The van der Waals surface area contributed by atoms with E-state index in [4.69, 9.17) is 11.6 Å². The molecule has 2 aromatic heterocycles. The van der Waals surface area contributed by atoms with Crippen LogP contribution in [0.25, 0.3) is 22.3 Å². The summed E-state index contributed by atoms with van der Waals surface area (Å²) < 4.78 is 41.9. The second-order valence-corrected chi connectivity index (χ2v) is 5.60. The lowest BCUT2D eigenvalue weighted by atomic mass is 10.1. The molecule has 0 aliphatic heterocycles. The molecular formula is C16H13ClF3N3. The second-order valence-electron chi connectivity index (χ2n) is 5.16. The van der Waals surface area contributed by atoms with Gasteiger partial charge in [0, 0.05) is 17.1 Å². The molecule has 0 saturated carbocycles. The molecule has 2 heterocycles. The van der Waals surface area contributed by atoms with Gasteiger partial charge in [-0.05, 0) is 32.0 Å². The molecule has 0 N–H and O–H groups in total. The number of aryl methyl sites for hydroxylation is 2. The van der Waals surface area contributed by atoms with Gasteiger partial charge in [-0.15, -0.1) is 0 Å². The Balaban J connectivity index is 2.34. The number of pyridine rings is 1. The first-order chi connectivity index (χ1) is 10.8. The van der Waals surface area contributed by atoms with Crippen molar-refractivity contribution in [3.05, 3.63) is 46.6 Å². The van der Waals surface area contributed by atoms with Gasteiger partial charge in [0.15, 0.2) is 5.65 Å². The van der Waals surface area contributed by atoms with Crippen LogP contribution >= 0.6 is 11.6 Å². The summed E-state index contributed by atoms with van der Waals surface area (Å²) in [6, 6.07) is 7.61. The minimum Gasteiger partial charge on any atom is -0.247 e. The molecule has 0 spiro atoms. The van der Waals surface area contributed by atoms with Gasteiger partial charge in [0.1, 0.15) is 0 Å². The van der Waals surface area contributed by atoms with Crippen molar-refractivity contribution in [1.29, 1.82) is 0 Å². The molecule has 7 heteroatoms. The summed E-state index contributed by atoms with van der Waals surface area (Å²) in [4.78, 5) is 4.40. The Morgan fingerprint density at radius 3 is 2.39 bits per heavy atom. The van der Waals surface area contributed by atoms with Crippen LogP contribution in [-0.2, 0) is 12.7 Å². The van der Waals surface area contributed by atoms with Gasteiger partial charge in [-0.3, -0.25) is 0 Å². The Hall–Kier alpha value is -2.08. The SMILES string of the molecule is CCn1nc(C)c2c(C(F)(F)F)cc(-c3ccc(Cl)cc3)nc21. The van der Waals surface area contributed by atoms with Crippen LogP contribution in [0.3, 0.4) is 0 Å². The molecule has 0 bridgehead atoms. The lowest BCUT2D eigenvalue weighted by molar-refractivity contribution is -0.136. The van der Waals surface area contributed by atoms with E-state index < -0.39 is 11.7 Å². The predicted octanol–water partition coefficient (Wildman–Crippen LogP) is 5.10. The summed E-state index contributed by atoms with van der Waals surface area (Å²) in [5.74, 6) is 0. The predicted molar refractivity (Wildman–Crippen MR) is 83.4 cm³/mol. The zero-order valence-electron chi connectivity index (χ0n) is 12.4. The first-order valence-corrected chi connectivity index (χ1v) is 7.40. The Morgan fingerprint density at radius 2 is 1.83 bits per heavy atom. The highest BCUT2D eigenvalue weighted by molar-refractivity contribution is 6.30. The van der Waals surface area contributed by atoms with Crippen LogP contribution < -0.4 is 0 Å². The van der Waals surface area contributed by atoms with Crippen molar-refractivity contribution in [3.63, 3.8) is 0 Å². The number of rotatable bonds is 2. The van der Waals surface area contributed by atoms with E-state index in [2.05, 4.69) is 10.1 Å². The number of nitrogens with zero attached hydrogens (tertiary/aromatic N) is 3. The summed E-state index contributed by atoms with van der Waals surface area (Å²) in [7, 11) is 0. The summed E-state index contributed by atoms with van der Waals surface area (Å²) in [5, 5.41) is 4.73. The summed E-state index contributed by atoms with van der Waals surface area (Å²) in [5.41, 5.74) is 0.665. The molecule has 3 rings (SSSR count). The number of aromatic nitrogens is 3. The van der Waals surface area contributed by atoms with Crippen molar-refractivity contribution in [2.24, 2.45) is 0 Å². The average molecular weight is 340 g/mol. The van der Waals surface area contributed by atoms with Gasteiger partial charge in [0.25, 0.3) is 0 Å². The first kappa shape index (κ1) is 15.8. The maximum absolute atomic E-state index is 13.5. The normalized spacial score (nSPS) is 12.1. The summed E-state index contributed by atoms with van der Waals surface area (Å²) >= 11 is 5.83. The molecule has 0 atom stereocenters. The molecule has 3 aromatic rings. The van der Waals surface area contributed by atoms with Gasteiger partial charge in [-0.1, -0.05) is 23.7 Å². The van der Waals surface area contributed by atoms with Crippen LogP contribution in [0, 0.1) is 6.92 Å². The molecular weight excluding hydrogens is 327 g/mol. The molecule has 1 aromatic carbocycles. The smallest absolute Gasteiger partial charge is 0.247 e. The van der Waals surface area contributed by atoms with Gasteiger partial charge in [0.2, 0.25) is 0 Å². The molecule has 3 nitrogen and oxygen atoms in total. The maximum Gasteiger partial charge on any atom is 0.417 e. The van der Waals surface area contributed by atoms with Crippen LogP contribution in [0.15, 0.2) is 30.3 Å². The highest BCUT2D eigenvalue weighted by atomic mass is 35.5. The number of hydrogen-bond acceptors (Lipinski definition) is 2. The van der Waals surface area contributed by atoms with Crippen LogP contribution in [0.1, 0.15) is 18.2 Å². The molecule has 120 valence electrons. The lowest BCUT2D eigenvalue weighted by Gasteiger charge is -2.11. The Kier molecular flexibility index (Phi) is 3.80. The van der Waals surface area contributed by atoms with Crippen LogP contribution in [0.2, 0.25) is 5.02 Å². The van der Waals surface area contributed by atoms with E-state index in [9.17, 15) is 13.2 Å². The zero-order valence-corrected chi connectivity index (χ0v) is 13.2. The van der Waals surface area contributed by atoms with Gasteiger partial charge in [-0.2, -0.15) is 18.3 Å². The van der Waals surface area contributed by atoms with Crippen molar-refractivity contribution in [3.8, 4) is 11.3 Å². The molecule has 0 aliphatic carbocycles. The topological polar surface area (TPSA) is 30.7 Å². The average Bonchev–Trinajstić information content (AvgIpc) is 2.82. The molecule has 0 amide bonds. The van der Waals surface area contributed by atoms with E-state index in [0.29, 0.717) is 22.8 Å². The monoisotopic (exact) mass is 339 g/mol. The van der Waals surface area contributed by atoms with Gasteiger partial charge < -0.3 is 0 Å². The fraction of sp³-hybridized carbons (Fsp3) is 0.250. The largest absolute Gasteiger partial charge is 0.417 e. The van der Waals surface area contributed by atoms with Crippen molar-refractivity contribution in [2.75, 3.05) is 0 Å². The molecule has 0 unspecified atom stereocenters. The minimum absolute atomic E-state index is 0.0528. The van der Waals surface area contributed by atoms with E-state index in [1.807, 2.05) is 6.92 Å². The third kappa shape index (κ3) is 2.79. The van der Waals surface area contributed by atoms with Crippen molar-refractivity contribution in [1.82, 2.24) is 14.8 Å². The zero-order chi connectivity index (χ0) is 16.8. The highest BCUT2D eigenvalue weighted by Gasteiger charge is 2.35. The van der Waals surface area contributed by atoms with Gasteiger partial charge in [-0.25, -0.2) is 9.67 Å². The minimum atomic E-state index is -4.48. The summed E-state index contributed by atoms with van der Waals surface area (Å²) in [6.45, 7) is 3.82. The molecule has 0 fully saturated rings. The number of fused-ring (bicyclic) bond motifs is 1. The van der Waals surface area contributed by atoms with E-state index in [1.54, 1.807) is 31.2 Å². The van der Waals surface area contributed by atoms with E-state index >= 15 is 0 Å². The number of halogens is 4. The van der Waals surface area contributed by atoms with E-state index in [0.717, 1.165) is 6.07 Å². The van der Waals surface area contributed by atoms with Crippen molar-refractivity contribution < 1.29 is 13.2 Å². The van der Waals surface area contributed by atoms with Crippen LogP contribution in [0.4, 0.5) is 13.2 Å². The lowest BCUT2D eigenvalue weighted by Crippen LogP contribution is -2.08. The summed E-state index contributed by atoms with van der Waals surface area (Å²) in [6.07, 6.45) is -4.48. The van der Waals surface area contributed by atoms with E-state index in [1.165, 1.54) is 4.68 Å². The van der Waals surface area contributed by atoms with Crippen LogP contribution in [0.5, 0.6) is 0 Å². The standard InChI is InChI=1S/C16H13ClF3N3/c1-3-23-15-14(9(2)22-23)12(16(18,19)20)8-13(21-15)10-4-6-11(17)7-5-10/h4-8H,3H2,1-2H3. The van der Waals surface area contributed by atoms with Gasteiger partial charge >= 0.3 is 6.18 Å². The van der Waals surface area contributed by atoms with Crippen LogP contribution in [-0.4, -0.2) is 14.8 Å². The fourth-order valence-corrected chi connectivity index (χ4v) is 2.69. The third-order valence-electron chi connectivity index (χ3n) is 3.62. The third-order valence-corrected chi connectivity index (χ3v) is 3.87. The van der Waals surface area contributed by atoms with Crippen molar-refractivity contribution in [2.45, 2.75) is 26.6 Å². The molecule has 0 aliphatic rings. The number of benzene rings is 1. The Morgan fingerprint density at radius 1 is 1.17 bits per heavy atom. The highest BCUT2D eigenvalue weighted by Crippen LogP contribution is 2.38.